The van der Waals surface area contributed by atoms with Crippen molar-refractivity contribution in [2.45, 2.75) is 25.2 Å². The first-order valence-electron chi connectivity index (χ1n) is 9.21. The molecule has 1 heterocycles. The van der Waals surface area contributed by atoms with Crippen LogP contribution in [0.5, 0.6) is 11.5 Å². The van der Waals surface area contributed by atoms with Crippen molar-refractivity contribution in [2.24, 2.45) is 5.92 Å². The van der Waals surface area contributed by atoms with Gasteiger partial charge in [0, 0.05) is 13.1 Å². The third-order valence-corrected chi connectivity index (χ3v) is 6.86. The lowest BCUT2D eigenvalue weighted by molar-refractivity contribution is -0.121. The maximum atomic E-state index is 12.7. The number of para-hydroxylation sites is 1. The van der Waals surface area contributed by atoms with E-state index in [1.807, 2.05) is 24.3 Å². The SMILES string of the molecule is CCN(CC)S(=O)(=O)c1ccc(O)c(NC(=O)C2COc3ccccc3C2)c1. The number of carbonyl (C=O) groups is 1. The van der Waals surface area contributed by atoms with Crippen LogP contribution in [0.1, 0.15) is 19.4 Å². The third kappa shape index (κ3) is 3.98. The van der Waals surface area contributed by atoms with Crippen LogP contribution < -0.4 is 10.1 Å². The first-order valence-corrected chi connectivity index (χ1v) is 10.7. The largest absolute Gasteiger partial charge is 0.506 e. The Morgan fingerprint density at radius 1 is 1.21 bits per heavy atom. The highest BCUT2D eigenvalue weighted by atomic mass is 32.2. The topological polar surface area (TPSA) is 95.9 Å². The molecule has 1 amide bonds. The smallest absolute Gasteiger partial charge is 0.243 e. The molecular formula is C20H24N2O5S. The number of nitrogens with one attached hydrogen (secondary N) is 1. The molecule has 3 rings (SSSR count). The normalized spacial score (nSPS) is 16.3. The average molecular weight is 404 g/mol. The van der Waals surface area contributed by atoms with Crippen molar-refractivity contribution in [1.29, 1.82) is 0 Å². The number of ether oxygens (including phenoxy) is 1. The average Bonchev–Trinajstić information content (AvgIpc) is 2.69. The predicted octanol–water partition coefficient (Wildman–Crippen LogP) is 2.61. The van der Waals surface area contributed by atoms with E-state index in [-0.39, 0.29) is 28.8 Å². The molecule has 150 valence electrons. The van der Waals surface area contributed by atoms with Gasteiger partial charge in [-0.1, -0.05) is 32.0 Å². The summed E-state index contributed by atoms with van der Waals surface area (Å²) in [4.78, 5) is 12.7. The number of sulfonamides is 1. The molecule has 0 radical (unpaired) electrons. The van der Waals surface area contributed by atoms with Crippen molar-refractivity contribution in [2.75, 3.05) is 25.0 Å². The lowest BCUT2D eigenvalue weighted by atomic mass is 9.96. The molecule has 28 heavy (non-hydrogen) atoms. The number of benzene rings is 2. The summed E-state index contributed by atoms with van der Waals surface area (Å²) in [6.07, 6.45) is 0.514. The Hall–Kier alpha value is -2.58. The molecule has 0 aromatic heterocycles. The zero-order valence-electron chi connectivity index (χ0n) is 15.9. The quantitative estimate of drug-likeness (QED) is 0.722. The summed E-state index contributed by atoms with van der Waals surface area (Å²) in [5.74, 6) is -0.190. The molecule has 0 aliphatic carbocycles. The van der Waals surface area contributed by atoms with Gasteiger partial charge in [0.2, 0.25) is 15.9 Å². The minimum absolute atomic E-state index is 0.0227. The van der Waals surface area contributed by atoms with Gasteiger partial charge in [-0.3, -0.25) is 4.79 Å². The number of phenols is 1. The van der Waals surface area contributed by atoms with E-state index in [4.69, 9.17) is 4.74 Å². The highest BCUT2D eigenvalue weighted by molar-refractivity contribution is 7.89. The molecule has 7 nitrogen and oxygen atoms in total. The van der Waals surface area contributed by atoms with Gasteiger partial charge >= 0.3 is 0 Å². The maximum absolute atomic E-state index is 12.7. The Kier molecular flexibility index (Phi) is 5.90. The van der Waals surface area contributed by atoms with Crippen molar-refractivity contribution < 1.29 is 23.1 Å². The van der Waals surface area contributed by atoms with E-state index in [9.17, 15) is 18.3 Å². The van der Waals surface area contributed by atoms with Crippen LogP contribution in [0, 0.1) is 5.92 Å². The van der Waals surface area contributed by atoms with E-state index in [2.05, 4.69) is 5.32 Å². The van der Waals surface area contributed by atoms with Gasteiger partial charge < -0.3 is 15.2 Å². The van der Waals surface area contributed by atoms with E-state index in [0.29, 0.717) is 19.5 Å². The summed E-state index contributed by atoms with van der Waals surface area (Å²) in [6, 6.07) is 11.4. The van der Waals surface area contributed by atoms with Crippen LogP contribution in [0.15, 0.2) is 47.4 Å². The lowest BCUT2D eigenvalue weighted by Gasteiger charge is -2.25. The molecule has 1 aliphatic rings. The van der Waals surface area contributed by atoms with Crippen LogP contribution in [0.2, 0.25) is 0 Å². The number of phenolic OH excluding ortho intramolecular Hbond substituents is 1. The Morgan fingerprint density at radius 3 is 2.64 bits per heavy atom. The highest BCUT2D eigenvalue weighted by Gasteiger charge is 2.27. The number of fused-ring (bicyclic) bond motifs is 1. The summed E-state index contributed by atoms with van der Waals surface area (Å²) in [5.41, 5.74) is 1.01. The second-order valence-electron chi connectivity index (χ2n) is 6.58. The second-order valence-corrected chi connectivity index (χ2v) is 8.52. The van der Waals surface area contributed by atoms with E-state index >= 15 is 0 Å². The first kappa shape index (κ1) is 20.2. The van der Waals surface area contributed by atoms with Crippen molar-refractivity contribution in [1.82, 2.24) is 4.31 Å². The molecule has 1 atom stereocenters. The fourth-order valence-electron chi connectivity index (χ4n) is 3.22. The Bertz CT molecular complexity index is 970. The number of hydrogen-bond acceptors (Lipinski definition) is 5. The molecule has 2 aromatic rings. The van der Waals surface area contributed by atoms with Gasteiger partial charge in [-0.15, -0.1) is 0 Å². The Balaban J connectivity index is 1.80. The number of amides is 1. The van der Waals surface area contributed by atoms with Gasteiger partial charge in [-0.05, 0) is 36.2 Å². The van der Waals surface area contributed by atoms with Gasteiger partial charge in [0.05, 0.1) is 16.5 Å². The summed E-state index contributed by atoms with van der Waals surface area (Å²) in [6.45, 7) is 4.40. The molecule has 0 saturated heterocycles. The minimum atomic E-state index is -3.69. The van der Waals surface area contributed by atoms with E-state index in [1.165, 1.54) is 22.5 Å². The van der Waals surface area contributed by atoms with Gasteiger partial charge in [0.25, 0.3) is 0 Å². The van der Waals surface area contributed by atoms with Crippen LogP contribution >= 0.6 is 0 Å². The van der Waals surface area contributed by atoms with E-state index in [0.717, 1.165) is 11.3 Å². The molecule has 0 fully saturated rings. The molecule has 0 spiro atoms. The van der Waals surface area contributed by atoms with Crippen LogP contribution in [-0.4, -0.2) is 43.4 Å². The molecule has 8 heteroatoms. The number of nitrogens with zero attached hydrogens (tertiary/aromatic N) is 1. The van der Waals surface area contributed by atoms with E-state index in [1.54, 1.807) is 13.8 Å². The molecule has 0 bridgehead atoms. The molecule has 2 N–H and O–H groups in total. The molecule has 2 aromatic carbocycles. The van der Waals surface area contributed by atoms with Crippen molar-refractivity contribution in [3.63, 3.8) is 0 Å². The number of hydrogen-bond donors (Lipinski definition) is 2. The summed E-state index contributed by atoms with van der Waals surface area (Å²) in [7, 11) is -3.69. The van der Waals surface area contributed by atoms with Crippen molar-refractivity contribution in [3.8, 4) is 11.5 Å². The number of aromatic hydroxyl groups is 1. The molecular weight excluding hydrogens is 380 g/mol. The number of anilines is 1. The zero-order valence-corrected chi connectivity index (χ0v) is 16.7. The monoisotopic (exact) mass is 404 g/mol. The van der Waals surface area contributed by atoms with Crippen molar-refractivity contribution in [3.05, 3.63) is 48.0 Å². The Labute approximate surface area is 165 Å². The molecule has 1 unspecified atom stereocenters. The van der Waals surface area contributed by atoms with Crippen LogP contribution in [-0.2, 0) is 21.2 Å². The lowest BCUT2D eigenvalue weighted by Crippen LogP contribution is -2.33. The van der Waals surface area contributed by atoms with Gasteiger partial charge in [0.1, 0.15) is 18.1 Å². The summed E-state index contributed by atoms with van der Waals surface area (Å²) < 4.78 is 32.3. The fraction of sp³-hybridized carbons (Fsp3) is 0.350. The zero-order chi connectivity index (χ0) is 20.3. The molecule has 0 saturated carbocycles. The first-order chi connectivity index (χ1) is 13.4. The van der Waals surface area contributed by atoms with Gasteiger partial charge in [-0.25, -0.2) is 8.42 Å². The fourth-order valence-corrected chi connectivity index (χ4v) is 4.70. The number of carbonyl (C=O) groups excluding carboxylic acids is 1. The molecule has 1 aliphatic heterocycles. The summed E-state index contributed by atoms with van der Waals surface area (Å²) >= 11 is 0. The summed E-state index contributed by atoms with van der Waals surface area (Å²) in [5, 5.41) is 12.8. The highest BCUT2D eigenvalue weighted by Crippen LogP contribution is 2.31. The second kappa shape index (κ2) is 8.20. The standard InChI is InChI=1S/C20H24N2O5S/c1-3-22(4-2)28(25,26)16-9-10-18(23)17(12-16)21-20(24)15-11-14-7-5-6-8-19(14)27-13-15/h5-10,12,15,23H,3-4,11,13H2,1-2H3,(H,21,24). The van der Waals surface area contributed by atoms with Gasteiger partial charge in [0.15, 0.2) is 0 Å². The van der Waals surface area contributed by atoms with Gasteiger partial charge in [-0.2, -0.15) is 4.31 Å². The minimum Gasteiger partial charge on any atom is -0.506 e. The van der Waals surface area contributed by atoms with Crippen LogP contribution in [0.3, 0.4) is 0 Å². The van der Waals surface area contributed by atoms with E-state index < -0.39 is 15.9 Å². The maximum Gasteiger partial charge on any atom is 0.243 e. The van der Waals surface area contributed by atoms with Crippen LogP contribution in [0.25, 0.3) is 0 Å². The number of rotatable bonds is 6. The van der Waals surface area contributed by atoms with Crippen LogP contribution in [0.4, 0.5) is 5.69 Å². The third-order valence-electron chi connectivity index (χ3n) is 4.82. The van der Waals surface area contributed by atoms with Crippen molar-refractivity contribution >= 4 is 21.6 Å². The predicted molar refractivity (Wildman–Crippen MR) is 106 cm³/mol. The Morgan fingerprint density at radius 2 is 1.93 bits per heavy atom.